The lowest BCUT2D eigenvalue weighted by molar-refractivity contribution is -0.142. The molecule has 18 nitrogen and oxygen atoms in total. The largest absolute Gasteiger partial charge is 0.370 e. The van der Waals surface area contributed by atoms with Crippen molar-refractivity contribution in [3.05, 3.63) is 71.7 Å². The van der Waals surface area contributed by atoms with Gasteiger partial charge in [-0.2, -0.15) is 0 Å². The van der Waals surface area contributed by atoms with E-state index in [-0.39, 0.29) is 69.2 Å². The first-order valence-corrected chi connectivity index (χ1v) is 23.2. The molecule has 0 radical (unpaired) electrons. The molecule has 11 N–H and O–H groups in total. The summed E-state index contributed by atoms with van der Waals surface area (Å²) in [5, 5.41) is 28.1. The molecule has 3 aromatic rings. The molecule has 1 aromatic heterocycles. The van der Waals surface area contributed by atoms with Gasteiger partial charge >= 0.3 is 0 Å². The summed E-state index contributed by atoms with van der Waals surface area (Å²) in [5.41, 5.74) is 7.26. The van der Waals surface area contributed by atoms with E-state index in [4.69, 9.17) is 11.1 Å². The SMILES string of the molecule is CC(=O)N[C@@H](Cc1ccccc1F)C(=O)NC1CCCNC(=O)[C@H](CCCNC(=N)N)NC(=O)[C@H](Cc2c[nH]c3ccccc23)NC(=O)[C@@H](CC2CCCCC2)NC(=O)[C@@H]2CCCN2C1=O. The summed E-state index contributed by atoms with van der Waals surface area (Å²) >= 11 is 0. The number of hydrogen-bond acceptors (Lipinski definition) is 8. The number of aromatic nitrogens is 1. The number of hydrogen-bond donors (Lipinski definition) is 10. The molecule has 1 unspecified atom stereocenters. The van der Waals surface area contributed by atoms with E-state index in [0.29, 0.717) is 25.7 Å². The highest BCUT2D eigenvalue weighted by Gasteiger charge is 2.40. The molecule has 2 aromatic carbocycles. The van der Waals surface area contributed by atoms with Gasteiger partial charge in [-0.15, -0.1) is 0 Å². The number of amides is 7. The number of carbonyl (C=O) groups is 7. The normalized spacial score (nSPS) is 23.3. The van der Waals surface area contributed by atoms with E-state index in [9.17, 15) is 38.0 Å². The van der Waals surface area contributed by atoms with E-state index in [2.05, 4.69) is 42.2 Å². The van der Waals surface area contributed by atoms with Gasteiger partial charge in [0.25, 0.3) is 0 Å². The predicted octanol–water partition coefficient (Wildman–Crippen LogP) is 1.67. The van der Waals surface area contributed by atoms with Gasteiger partial charge in [0, 0.05) is 56.5 Å². The van der Waals surface area contributed by atoms with Crippen LogP contribution in [0.5, 0.6) is 0 Å². The second-order valence-corrected chi connectivity index (χ2v) is 17.7. The Bertz CT molecular complexity index is 2230. The molecular formula is C47H64FN11O7. The summed E-state index contributed by atoms with van der Waals surface area (Å²) in [5.74, 6) is -4.82. The molecule has 6 rings (SSSR count). The molecule has 0 spiro atoms. The van der Waals surface area contributed by atoms with Crippen molar-refractivity contribution in [2.24, 2.45) is 11.7 Å². The van der Waals surface area contributed by atoms with Gasteiger partial charge in [0.1, 0.15) is 42.1 Å². The monoisotopic (exact) mass is 913 g/mol. The minimum atomic E-state index is -1.25. The Hall–Kier alpha value is -6.53. The zero-order valence-corrected chi connectivity index (χ0v) is 37.5. The van der Waals surface area contributed by atoms with E-state index in [1.165, 1.54) is 30.0 Å². The molecule has 356 valence electrons. The minimum Gasteiger partial charge on any atom is -0.370 e. The van der Waals surface area contributed by atoms with Crippen molar-refractivity contribution < 1.29 is 38.0 Å². The Labute approximate surface area is 383 Å². The van der Waals surface area contributed by atoms with Gasteiger partial charge in [-0.3, -0.25) is 39.0 Å². The van der Waals surface area contributed by atoms with Crippen LogP contribution in [-0.4, -0.2) is 113 Å². The molecule has 6 atom stereocenters. The van der Waals surface area contributed by atoms with Gasteiger partial charge in [0.15, 0.2) is 5.96 Å². The van der Waals surface area contributed by atoms with Crippen LogP contribution in [0, 0.1) is 17.1 Å². The van der Waals surface area contributed by atoms with Crippen LogP contribution in [-0.2, 0) is 46.4 Å². The van der Waals surface area contributed by atoms with E-state index in [0.717, 1.165) is 48.6 Å². The van der Waals surface area contributed by atoms with Gasteiger partial charge in [-0.1, -0.05) is 68.5 Å². The fourth-order valence-corrected chi connectivity index (χ4v) is 9.34. The Morgan fingerprint density at radius 1 is 0.833 bits per heavy atom. The molecule has 66 heavy (non-hydrogen) atoms. The Balaban J connectivity index is 1.31. The Kier molecular flexibility index (Phi) is 17.5. The maximum absolute atomic E-state index is 14.8. The number of aromatic amines is 1. The molecule has 3 fully saturated rings. The van der Waals surface area contributed by atoms with Crippen molar-refractivity contribution in [1.82, 2.24) is 47.1 Å². The number of carbonyl (C=O) groups excluding carboxylic acids is 7. The minimum absolute atomic E-state index is 0.00114. The number of fused-ring (bicyclic) bond motifs is 2. The number of para-hydroxylation sites is 1. The zero-order valence-electron chi connectivity index (χ0n) is 37.5. The number of H-pyrrole nitrogens is 1. The number of guanidine groups is 1. The lowest BCUT2D eigenvalue weighted by Crippen LogP contribution is -2.60. The molecule has 19 heteroatoms. The second-order valence-electron chi connectivity index (χ2n) is 17.7. The third-order valence-electron chi connectivity index (χ3n) is 12.8. The number of benzene rings is 2. The number of rotatable bonds is 13. The van der Waals surface area contributed by atoms with Crippen LogP contribution in [0.1, 0.15) is 95.1 Å². The molecular weight excluding hydrogens is 850 g/mol. The van der Waals surface area contributed by atoms with Crippen molar-refractivity contribution in [2.75, 3.05) is 19.6 Å². The lowest BCUT2D eigenvalue weighted by Gasteiger charge is -2.32. The van der Waals surface area contributed by atoms with Crippen molar-refractivity contribution in [2.45, 2.75) is 133 Å². The molecule has 7 amide bonds. The van der Waals surface area contributed by atoms with Crippen LogP contribution in [0.3, 0.4) is 0 Å². The average Bonchev–Trinajstić information content (AvgIpc) is 3.96. The molecule has 2 saturated heterocycles. The van der Waals surface area contributed by atoms with Crippen LogP contribution in [0.25, 0.3) is 10.9 Å². The standard InChI is InChI=1S/C47H64FN11O7/c1-28(60)54-38(25-30-14-5-7-16-33(30)48)43(63)56-36-19-10-21-51-41(61)35(18-9-22-52-47(49)50)55-44(64)39(26-31-27-53-34-17-8-6-15-32(31)34)57-42(62)37(24-29-12-3-2-4-13-29)58-45(65)40-20-11-23-59(40)46(36)66/h5-8,14-17,27,29,35-40,53H,2-4,9-13,18-26H2,1H3,(H,51,61)(H,54,60)(H,55,64)(H,56,63)(H,57,62)(H,58,65)(H4,49,50,52)/t35-,36?,37+,38-,39-,40-/m0/s1. The number of nitrogens with zero attached hydrogens (tertiary/aromatic N) is 1. The van der Waals surface area contributed by atoms with Crippen LogP contribution < -0.4 is 43.0 Å². The molecule has 1 saturated carbocycles. The fraction of sp³-hybridized carbons (Fsp3) is 0.532. The summed E-state index contributed by atoms with van der Waals surface area (Å²) in [6.07, 6.45) is 8.08. The van der Waals surface area contributed by atoms with Crippen LogP contribution >= 0.6 is 0 Å². The molecule has 3 aliphatic rings. The van der Waals surface area contributed by atoms with Gasteiger partial charge in [-0.25, -0.2) is 4.39 Å². The third kappa shape index (κ3) is 13.5. The van der Waals surface area contributed by atoms with E-state index >= 15 is 0 Å². The van der Waals surface area contributed by atoms with E-state index < -0.39 is 83.4 Å². The van der Waals surface area contributed by atoms with E-state index in [1.54, 1.807) is 12.3 Å². The van der Waals surface area contributed by atoms with E-state index in [1.807, 2.05) is 24.3 Å². The molecule has 3 heterocycles. The van der Waals surface area contributed by atoms with Crippen molar-refractivity contribution >= 4 is 58.2 Å². The highest BCUT2D eigenvalue weighted by molar-refractivity contribution is 5.98. The number of nitrogens with two attached hydrogens (primary N) is 1. The number of halogens is 1. The quantitative estimate of drug-likeness (QED) is 0.0678. The predicted molar refractivity (Wildman–Crippen MR) is 245 cm³/mol. The average molecular weight is 914 g/mol. The summed E-state index contributed by atoms with van der Waals surface area (Å²) in [4.78, 5) is 103. The second kappa shape index (κ2) is 23.6. The van der Waals surface area contributed by atoms with Gasteiger partial charge in [0.2, 0.25) is 41.4 Å². The summed E-state index contributed by atoms with van der Waals surface area (Å²) in [7, 11) is 0. The summed E-state index contributed by atoms with van der Waals surface area (Å²) in [6.45, 7) is 1.67. The van der Waals surface area contributed by atoms with Gasteiger partial charge in [0.05, 0.1) is 0 Å². The Morgan fingerprint density at radius 2 is 1.55 bits per heavy atom. The highest BCUT2D eigenvalue weighted by atomic mass is 19.1. The maximum Gasteiger partial charge on any atom is 0.245 e. The molecule has 2 aliphatic heterocycles. The lowest BCUT2D eigenvalue weighted by atomic mass is 9.84. The topological polar surface area (TPSA) is 273 Å². The first-order valence-electron chi connectivity index (χ1n) is 23.2. The van der Waals surface area contributed by atoms with Crippen LogP contribution in [0.4, 0.5) is 4.39 Å². The third-order valence-corrected chi connectivity index (χ3v) is 12.8. The zero-order chi connectivity index (χ0) is 47.2. The Morgan fingerprint density at radius 3 is 2.30 bits per heavy atom. The first kappa shape index (κ1) is 48.9. The summed E-state index contributed by atoms with van der Waals surface area (Å²) < 4.78 is 14.8. The molecule has 1 aliphatic carbocycles. The fourth-order valence-electron chi connectivity index (χ4n) is 9.34. The first-order chi connectivity index (χ1) is 31.8. The van der Waals surface area contributed by atoms with Crippen molar-refractivity contribution in [3.8, 4) is 0 Å². The smallest absolute Gasteiger partial charge is 0.245 e. The van der Waals surface area contributed by atoms with Crippen molar-refractivity contribution in [3.63, 3.8) is 0 Å². The summed E-state index contributed by atoms with van der Waals surface area (Å²) in [6, 6.07) is 6.62. The number of nitrogens with one attached hydrogen (secondary N) is 9. The van der Waals surface area contributed by atoms with Crippen LogP contribution in [0.2, 0.25) is 0 Å². The van der Waals surface area contributed by atoms with Gasteiger partial charge < -0.3 is 52.8 Å². The van der Waals surface area contributed by atoms with Crippen LogP contribution in [0.15, 0.2) is 54.7 Å². The molecule has 0 bridgehead atoms. The van der Waals surface area contributed by atoms with Gasteiger partial charge in [-0.05, 0) is 74.1 Å². The maximum atomic E-state index is 14.8. The van der Waals surface area contributed by atoms with Crippen molar-refractivity contribution in [1.29, 1.82) is 5.41 Å². The highest BCUT2D eigenvalue weighted by Crippen LogP contribution is 2.28.